The van der Waals surface area contributed by atoms with Gasteiger partial charge < -0.3 is 23.7 Å². The highest BCUT2D eigenvalue weighted by Gasteiger charge is 2.50. The van der Waals surface area contributed by atoms with E-state index in [1.54, 1.807) is 6.92 Å². The minimum absolute atomic E-state index is 0.570. The van der Waals surface area contributed by atoms with Gasteiger partial charge in [0.15, 0.2) is 18.3 Å². The molecule has 5 atom stereocenters. The summed E-state index contributed by atoms with van der Waals surface area (Å²) in [5.41, 5.74) is -0.800. The molecule has 146 valence electrons. The van der Waals surface area contributed by atoms with Gasteiger partial charge in [-0.05, 0) is 12.3 Å². The molecule has 1 aliphatic heterocycles. The molecule has 1 rings (SSSR count). The summed E-state index contributed by atoms with van der Waals surface area (Å²) in [6.45, 7) is 5.22. The molecule has 0 saturated carbocycles. The van der Waals surface area contributed by atoms with Crippen molar-refractivity contribution in [3.8, 4) is 0 Å². The largest absolute Gasteiger partial charge is 0.466 e. The van der Waals surface area contributed by atoms with Crippen LogP contribution in [-0.2, 0) is 42.9 Å². The first-order valence-electron chi connectivity index (χ1n) is 7.72. The molecule has 0 spiro atoms. The third-order valence-electron chi connectivity index (χ3n) is 3.25. The molecule has 0 bridgehead atoms. The van der Waals surface area contributed by atoms with Gasteiger partial charge in [0, 0.05) is 26.8 Å². The maximum Gasteiger partial charge on any atom is 0.330 e. The summed E-state index contributed by atoms with van der Waals surface area (Å²) < 4.78 is 26.0. The lowest BCUT2D eigenvalue weighted by molar-refractivity contribution is -0.228. The second kappa shape index (κ2) is 10.2. The van der Waals surface area contributed by atoms with Crippen LogP contribution in [0.4, 0.5) is 0 Å². The van der Waals surface area contributed by atoms with Crippen LogP contribution >= 0.6 is 11.8 Å². The van der Waals surface area contributed by atoms with Crippen molar-refractivity contribution in [1.82, 2.24) is 0 Å². The van der Waals surface area contributed by atoms with E-state index in [0.29, 0.717) is 0 Å². The molecule has 0 aromatic rings. The van der Waals surface area contributed by atoms with Crippen molar-refractivity contribution in [2.24, 2.45) is 0 Å². The Morgan fingerprint density at radius 3 is 1.88 bits per heavy atom. The Morgan fingerprint density at radius 2 is 1.38 bits per heavy atom. The Kier molecular flexibility index (Phi) is 8.59. The molecule has 1 aliphatic rings. The van der Waals surface area contributed by atoms with Crippen LogP contribution in [0, 0.1) is 0 Å². The fraction of sp³-hybridized carbons (Fsp3) is 0.625. The molecule has 1 heterocycles. The van der Waals surface area contributed by atoms with Gasteiger partial charge in [-0.1, -0.05) is 11.8 Å². The first kappa shape index (κ1) is 22.0. The summed E-state index contributed by atoms with van der Waals surface area (Å²) in [7, 11) is 1.23. The van der Waals surface area contributed by atoms with E-state index in [2.05, 4.69) is 4.74 Å². The maximum atomic E-state index is 11.5. The molecule has 0 aliphatic carbocycles. The highest BCUT2D eigenvalue weighted by atomic mass is 32.2. The number of methoxy groups -OCH3 is 1. The molecule has 0 amide bonds. The van der Waals surface area contributed by atoms with Crippen molar-refractivity contribution in [1.29, 1.82) is 0 Å². The predicted octanol–water partition coefficient (Wildman–Crippen LogP) is 0.946. The van der Waals surface area contributed by atoms with Gasteiger partial charge in [-0.25, -0.2) is 4.79 Å². The van der Waals surface area contributed by atoms with Crippen molar-refractivity contribution < 1.29 is 42.9 Å². The highest BCUT2D eigenvalue weighted by molar-refractivity contribution is 8.02. The third kappa shape index (κ3) is 6.68. The molecule has 10 heteroatoms. The van der Waals surface area contributed by atoms with E-state index in [0.717, 1.165) is 11.8 Å². The van der Waals surface area contributed by atoms with Gasteiger partial charge in [0.2, 0.25) is 0 Å². The predicted molar refractivity (Wildman–Crippen MR) is 89.7 cm³/mol. The van der Waals surface area contributed by atoms with Crippen molar-refractivity contribution >= 4 is 35.6 Å². The van der Waals surface area contributed by atoms with Crippen LogP contribution in [0.1, 0.15) is 27.7 Å². The summed E-state index contributed by atoms with van der Waals surface area (Å²) >= 11 is 1.03. The number of rotatable bonds is 6. The number of hydrogen-bond acceptors (Lipinski definition) is 10. The number of hydrogen-bond donors (Lipinski definition) is 0. The van der Waals surface area contributed by atoms with Gasteiger partial charge in [0.05, 0.1) is 13.2 Å². The van der Waals surface area contributed by atoms with Gasteiger partial charge in [-0.15, -0.1) is 0 Å². The Hall–Kier alpha value is -2.07. The molecule has 26 heavy (non-hydrogen) atoms. The first-order chi connectivity index (χ1) is 12.1. The number of ether oxygens (including phenoxy) is 5. The van der Waals surface area contributed by atoms with Crippen LogP contribution in [0.25, 0.3) is 0 Å². The number of carbonyl (C=O) groups is 4. The quantitative estimate of drug-likeness (QED) is 0.369. The molecule has 0 N–H and O–H groups in total. The van der Waals surface area contributed by atoms with Gasteiger partial charge in [0.25, 0.3) is 0 Å². The van der Waals surface area contributed by atoms with Crippen LogP contribution in [0.2, 0.25) is 0 Å². The molecule has 0 aromatic heterocycles. The summed E-state index contributed by atoms with van der Waals surface area (Å²) in [6.07, 6.45) is -2.55. The van der Waals surface area contributed by atoms with Crippen LogP contribution < -0.4 is 0 Å². The maximum absolute atomic E-state index is 11.5. The van der Waals surface area contributed by atoms with Crippen molar-refractivity contribution in [2.75, 3.05) is 7.11 Å². The van der Waals surface area contributed by atoms with Gasteiger partial charge in [0.1, 0.15) is 5.44 Å². The zero-order valence-electron chi connectivity index (χ0n) is 15.1. The van der Waals surface area contributed by atoms with Crippen LogP contribution in [0.5, 0.6) is 0 Å². The monoisotopic (exact) mass is 390 g/mol. The standard InChI is InChI=1S/C16H22O9S/c1-8-13(23-9(2)17)14(24-10(3)18)15(25-11(4)19)16(22-8)26-7-6-12(20)21-5/h6-8,13-16H,1-5H3/b7-6+/t8-,13-,14+,15+,16+/m0/s1. The Balaban J connectivity index is 3.10. The van der Waals surface area contributed by atoms with E-state index in [-0.39, 0.29) is 0 Å². The van der Waals surface area contributed by atoms with E-state index >= 15 is 0 Å². The van der Waals surface area contributed by atoms with Crippen molar-refractivity contribution in [3.05, 3.63) is 11.5 Å². The smallest absolute Gasteiger partial charge is 0.330 e. The van der Waals surface area contributed by atoms with Gasteiger partial charge >= 0.3 is 23.9 Å². The summed E-state index contributed by atoms with van der Waals surface area (Å²) in [5.74, 6) is -2.43. The molecular weight excluding hydrogens is 368 g/mol. The topological polar surface area (TPSA) is 114 Å². The lowest BCUT2D eigenvalue weighted by Gasteiger charge is -2.43. The van der Waals surface area contributed by atoms with Crippen LogP contribution in [0.15, 0.2) is 11.5 Å². The lowest BCUT2D eigenvalue weighted by atomic mass is 10.00. The van der Waals surface area contributed by atoms with Crippen LogP contribution in [-0.4, -0.2) is 60.8 Å². The molecule has 0 radical (unpaired) electrons. The second-order valence-electron chi connectivity index (χ2n) is 5.39. The molecule has 1 fully saturated rings. The second-order valence-corrected chi connectivity index (χ2v) is 6.40. The Morgan fingerprint density at radius 1 is 0.885 bits per heavy atom. The minimum atomic E-state index is -1.06. The molecule has 9 nitrogen and oxygen atoms in total. The summed E-state index contributed by atoms with van der Waals surface area (Å²) in [5, 5.41) is 1.41. The average Bonchev–Trinajstić information content (AvgIpc) is 2.52. The zero-order valence-corrected chi connectivity index (χ0v) is 15.9. The number of thioether (sulfide) groups is 1. The molecule has 0 unspecified atom stereocenters. The van der Waals surface area contributed by atoms with Gasteiger partial charge in [-0.2, -0.15) is 0 Å². The lowest BCUT2D eigenvalue weighted by Crippen LogP contribution is -2.59. The van der Waals surface area contributed by atoms with Crippen LogP contribution in [0.3, 0.4) is 0 Å². The Labute approximate surface area is 155 Å². The van der Waals surface area contributed by atoms with E-state index < -0.39 is 53.7 Å². The first-order valence-corrected chi connectivity index (χ1v) is 8.67. The fourth-order valence-corrected chi connectivity index (χ4v) is 3.27. The number of carbonyl (C=O) groups excluding carboxylic acids is 4. The third-order valence-corrected chi connectivity index (χ3v) is 4.19. The van der Waals surface area contributed by atoms with Gasteiger partial charge in [-0.3, -0.25) is 14.4 Å². The number of esters is 4. The van der Waals surface area contributed by atoms with E-state index in [4.69, 9.17) is 18.9 Å². The Bertz CT molecular complexity index is 574. The van der Waals surface area contributed by atoms with Crippen molar-refractivity contribution in [3.63, 3.8) is 0 Å². The average molecular weight is 390 g/mol. The van der Waals surface area contributed by atoms with E-state index in [1.165, 1.54) is 39.4 Å². The minimum Gasteiger partial charge on any atom is -0.466 e. The molecule has 0 aromatic carbocycles. The summed E-state index contributed by atoms with van der Waals surface area (Å²) in [4.78, 5) is 45.6. The van der Waals surface area contributed by atoms with Crippen molar-refractivity contribution in [2.45, 2.75) is 57.5 Å². The normalized spacial score (nSPS) is 28.3. The summed E-state index contributed by atoms with van der Waals surface area (Å²) in [6, 6.07) is 0. The fourth-order valence-electron chi connectivity index (χ4n) is 2.32. The van der Waals surface area contributed by atoms with E-state index in [1.807, 2.05) is 0 Å². The highest BCUT2D eigenvalue weighted by Crippen LogP contribution is 2.34. The molecule has 1 saturated heterocycles. The van der Waals surface area contributed by atoms with E-state index in [9.17, 15) is 19.2 Å². The zero-order chi connectivity index (χ0) is 19.9. The SMILES string of the molecule is COC(=O)/C=C/S[C@H]1O[C@@H](C)[C@H](OC(C)=O)[C@@H](OC(C)=O)[C@H]1OC(C)=O. The molecular formula is C16H22O9S.